The van der Waals surface area contributed by atoms with Gasteiger partial charge in [-0.3, -0.25) is 4.79 Å². The third-order valence-corrected chi connectivity index (χ3v) is 3.41. The lowest BCUT2D eigenvalue weighted by Crippen LogP contribution is -2.32. The fraction of sp³-hybridized carbons (Fsp3) is 0.538. The molecule has 0 radical (unpaired) electrons. The second kappa shape index (κ2) is 5.35. The maximum atomic E-state index is 12.1. The minimum atomic E-state index is -2.41. The molecule has 1 N–H and O–H groups in total. The van der Waals surface area contributed by atoms with Crippen LogP contribution >= 0.6 is 0 Å². The van der Waals surface area contributed by atoms with Crippen LogP contribution in [0.25, 0.3) is 0 Å². The number of pyridine rings is 1. The number of carboxylic acid groups (broad SMARTS) is 1. The minimum Gasteiger partial charge on any atom is -0.477 e. The van der Waals surface area contributed by atoms with Crippen LogP contribution in [0.15, 0.2) is 23.1 Å². The maximum absolute atomic E-state index is 12.1. The molecule has 1 fully saturated rings. The standard InChI is InChI=1S/C13H17NO4/c1-18-10-6-4-9(5-7-10)14-8-2-3-11(12(14)15)13(16)17/h2-3,8-10H,4-7H2,1H3,(H,16,17)/i1D3. The fourth-order valence-corrected chi connectivity index (χ4v) is 2.40. The number of rotatable bonds is 3. The molecule has 1 saturated carbocycles. The van der Waals surface area contributed by atoms with E-state index in [-0.39, 0.29) is 17.7 Å². The highest BCUT2D eigenvalue weighted by Gasteiger charge is 2.23. The van der Waals surface area contributed by atoms with Gasteiger partial charge in [0.15, 0.2) is 0 Å². The van der Waals surface area contributed by atoms with Crippen molar-refractivity contribution in [2.24, 2.45) is 0 Å². The van der Waals surface area contributed by atoms with E-state index < -0.39 is 18.6 Å². The zero-order chi connectivity index (χ0) is 15.6. The van der Waals surface area contributed by atoms with Gasteiger partial charge >= 0.3 is 5.97 Å². The number of ether oxygens (including phenoxy) is 1. The van der Waals surface area contributed by atoms with Gasteiger partial charge in [-0.2, -0.15) is 0 Å². The first kappa shape index (κ1) is 9.33. The summed E-state index contributed by atoms with van der Waals surface area (Å²) in [5.74, 6) is -1.24. The Labute approximate surface area is 109 Å². The number of aromatic nitrogens is 1. The van der Waals surface area contributed by atoms with Gasteiger partial charge in [0.05, 0.1) is 10.2 Å². The highest BCUT2D eigenvalue weighted by molar-refractivity contribution is 5.86. The van der Waals surface area contributed by atoms with Crippen molar-refractivity contribution in [3.05, 3.63) is 34.2 Å². The van der Waals surface area contributed by atoms with Crippen LogP contribution in [-0.2, 0) is 4.74 Å². The van der Waals surface area contributed by atoms with E-state index >= 15 is 0 Å². The van der Waals surface area contributed by atoms with Crippen molar-refractivity contribution in [2.75, 3.05) is 7.04 Å². The Morgan fingerprint density at radius 3 is 2.83 bits per heavy atom. The molecular weight excluding hydrogens is 234 g/mol. The lowest BCUT2D eigenvalue weighted by atomic mass is 9.92. The molecule has 0 amide bonds. The van der Waals surface area contributed by atoms with Gasteiger partial charge in [0, 0.05) is 19.3 Å². The quantitative estimate of drug-likeness (QED) is 0.891. The molecule has 0 atom stereocenters. The molecule has 1 aromatic rings. The summed E-state index contributed by atoms with van der Waals surface area (Å²) in [6.45, 7) is 0. The molecule has 1 heterocycles. The summed E-state index contributed by atoms with van der Waals surface area (Å²) in [6.07, 6.45) is 3.48. The van der Waals surface area contributed by atoms with Crippen LogP contribution < -0.4 is 5.56 Å². The fourth-order valence-electron chi connectivity index (χ4n) is 2.40. The monoisotopic (exact) mass is 254 g/mol. The first-order valence-electron chi connectivity index (χ1n) is 7.40. The summed E-state index contributed by atoms with van der Waals surface area (Å²) < 4.78 is 27.6. The largest absolute Gasteiger partial charge is 0.477 e. The SMILES string of the molecule is [2H]C([2H])([2H])OC1CCC(n2cccc(C(=O)O)c2=O)CC1. The van der Waals surface area contributed by atoms with Crippen LogP contribution in [0.5, 0.6) is 0 Å². The van der Waals surface area contributed by atoms with E-state index in [9.17, 15) is 9.59 Å². The van der Waals surface area contributed by atoms with Crippen molar-refractivity contribution in [2.45, 2.75) is 37.8 Å². The Balaban J connectivity index is 2.08. The molecule has 0 aliphatic heterocycles. The highest BCUT2D eigenvalue weighted by atomic mass is 16.5. The van der Waals surface area contributed by atoms with Crippen molar-refractivity contribution in [3.63, 3.8) is 0 Å². The molecule has 0 unspecified atom stereocenters. The Hall–Kier alpha value is -1.62. The predicted octanol–water partition coefficient (Wildman–Crippen LogP) is 1.68. The lowest BCUT2D eigenvalue weighted by Gasteiger charge is -2.29. The first-order chi connectivity index (χ1) is 9.78. The van der Waals surface area contributed by atoms with Crippen molar-refractivity contribution >= 4 is 5.97 Å². The summed E-state index contributed by atoms with van der Waals surface area (Å²) in [5.41, 5.74) is -0.774. The predicted molar refractivity (Wildman–Crippen MR) is 66.0 cm³/mol. The van der Waals surface area contributed by atoms with Gasteiger partial charge < -0.3 is 14.4 Å². The zero-order valence-corrected chi connectivity index (χ0v) is 9.83. The van der Waals surface area contributed by atoms with E-state index in [1.165, 1.54) is 16.7 Å². The molecular formula is C13H17NO4. The number of hydrogen-bond acceptors (Lipinski definition) is 3. The Morgan fingerprint density at radius 2 is 2.22 bits per heavy atom. The van der Waals surface area contributed by atoms with Gasteiger partial charge in [0.2, 0.25) is 0 Å². The number of nitrogens with zero attached hydrogens (tertiary/aromatic N) is 1. The number of carbonyl (C=O) groups is 1. The third-order valence-electron chi connectivity index (χ3n) is 3.41. The summed E-state index contributed by atoms with van der Waals surface area (Å²) >= 11 is 0. The molecule has 5 heteroatoms. The van der Waals surface area contributed by atoms with Crippen LogP contribution in [-0.4, -0.2) is 28.8 Å². The summed E-state index contributed by atoms with van der Waals surface area (Å²) in [4.78, 5) is 23.1. The van der Waals surface area contributed by atoms with Gasteiger partial charge in [-0.15, -0.1) is 0 Å². The second-order valence-electron chi connectivity index (χ2n) is 4.49. The van der Waals surface area contributed by atoms with Gasteiger partial charge in [-0.1, -0.05) is 0 Å². The van der Waals surface area contributed by atoms with Crippen LogP contribution in [0.1, 0.15) is 46.2 Å². The third kappa shape index (κ3) is 2.46. The normalized spacial score (nSPS) is 27.0. The van der Waals surface area contributed by atoms with Crippen molar-refractivity contribution in [3.8, 4) is 0 Å². The average molecular weight is 254 g/mol. The molecule has 1 aliphatic carbocycles. The first-order valence-corrected chi connectivity index (χ1v) is 5.90. The van der Waals surface area contributed by atoms with Crippen LogP contribution in [0.4, 0.5) is 0 Å². The van der Waals surface area contributed by atoms with Crippen LogP contribution in [0.2, 0.25) is 0 Å². The van der Waals surface area contributed by atoms with Crippen LogP contribution in [0, 0.1) is 0 Å². The van der Waals surface area contributed by atoms with Crippen molar-refractivity contribution < 1.29 is 18.8 Å². The van der Waals surface area contributed by atoms with Gasteiger partial charge in [-0.25, -0.2) is 4.79 Å². The van der Waals surface area contributed by atoms with E-state index in [4.69, 9.17) is 14.0 Å². The van der Waals surface area contributed by atoms with E-state index in [1.807, 2.05) is 0 Å². The minimum absolute atomic E-state index is 0.117. The average Bonchev–Trinajstić information content (AvgIpc) is 2.38. The second-order valence-corrected chi connectivity index (χ2v) is 4.49. The molecule has 0 bridgehead atoms. The Morgan fingerprint density at radius 1 is 1.50 bits per heavy atom. The summed E-state index contributed by atoms with van der Waals surface area (Å²) in [5, 5.41) is 8.96. The van der Waals surface area contributed by atoms with Crippen molar-refractivity contribution in [1.82, 2.24) is 4.57 Å². The zero-order valence-electron chi connectivity index (χ0n) is 12.8. The molecule has 5 nitrogen and oxygen atoms in total. The lowest BCUT2D eigenvalue weighted by molar-refractivity contribution is 0.0576. The van der Waals surface area contributed by atoms with E-state index in [2.05, 4.69) is 0 Å². The molecule has 0 saturated heterocycles. The molecule has 1 aromatic heterocycles. The van der Waals surface area contributed by atoms with E-state index in [0.29, 0.717) is 25.7 Å². The number of methoxy groups -OCH3 is 1. The topological polar surface area (TPSA) is 68.5 Å². The molecule has 2 rings (SSSR count). The molecule has 1 aliphatic rings. The Kier molecular flexibility index (Phi) is 2.77. The van der Waals surface area contributed by atoms with Gasteiger partial charge in [0.1, 0.15) is 5.56 Å². The number of hydrogen-bond donors (Lipinski definition) is 1. The van der Waals surface area contributed by atoms with Gasteiger partial charge in [0.25, 0.3) is 5.56 Å². The smallest absolute Gasteiger partial charge is 0.341 e. The maximum Gasteiger partial charge on any atom is 0.341 e. The van der Waals surface area contributed by atoms with Gasteiger partial charge in [-0.05, 0) is 37.8 Å². The van der Waals surface area contributed by atoms with Crippen LogP contribution in [0.3, 0.4) is 0 Å². The summed E-state index contributed by atoms with van der Waals surface area (Å²) in [7, 11) is -2.41. The molecule has 0 aromatic carbocycles. The molecule has 0 spiro atoms. The summed E-state index contributed by atoms with van der Waals surface area (Å²) in [6, 6.07) is 2.70. The number of carboxylic acids is 1. The van der Waals surface area contributed by atoms with E-state index in [0.717, 1.165) is 0 Å². The Bertz CT molecular complexity index is 574. The highest BCUT2D eigenvalue weighted by Crippen LogP contribution is 2.28. The van der Waals surface area contributed by atoms with Crippen molar-refractivity contribution in [1.29, 1.82) is 0 Å². The molecule has 98 valence electrons. The number of aromatic carboxylic acids is 1. The molecule has 18 heavy (non-hydrogen) atoms. The van der Waals surface area contributed by atoms with E-state index in [1.54, 1.807) is 6.20 Å².